The Balaban J connectivity index is 2.01. The van der Waals surface area contributed by atoms with Crippen LogP contribution in [0.2, 0.25) is 0 Å². The van der Waals surface area contributed by atoms with Crippen LogP contribution in [-0.4, -0.2) is 20.6 Å². The molecule has 0 unspecified atom stereocenters. The van der Waals surface area contributed by atoms with Gasteiger partial charge in [-0.1, -0.05) is 30.3 Å². The molecule has 1 aromatic carbocycles. The van der Waals surface area contributed by atoms with Crippen LogP contribution in [0.5, 0.6) is 0 Å². The van der Waals surface area contributed by atoms with E-state index in [4.69, 9.17) is 4.98 Å². The highest BCUT2D eigenvalue weighted by Gasteiger charge is 2.31. The van der Waals surface area contributed by atoms with Gasteiger partial charge in [0.2, 0.25) is 0 Å². The number of nitrogens with zero attached hydrogens (tertiary/aromatic N) is 2. The zero-order valence-corrected chi connectivity index (χ0v) is 15.6. The van der Waals surface area contributed by atoms with Crippen LogP contribution in [-0.2, 0) is 24.2 Å². The van der Waals surface area contributed by atoms with Crippen LogP contribution in [0.15, 0.2) is 35.1 Å². The molecule has 0 spiro atoms. The van der Waals surface area contributed by atoms with Crippen LogP contribution >= 0.6 is 11.3 Å². The number of thiophene rings is 1. The van der Waals surface area contributed by atoms with Crippen LogP contribution in [0.3, 0.4) is 0 Å². The average molecular weight is 368 g/mol. The average Bonchev–Trinajstić information content (AvgIpc) is 3.18. The smallest absolute Gasteiger partial charge is 0.310 e. The number of hydrogen-bond donors (Lipinski definition) is 1. The third kappa shape index (κ3) is 2.65. The van der Waals surface area contributed by atoms with Gasteiger partial charge in [-0.05, 0) is 38.7 Å². The molecule has 0 bridgehead atoms. The van der Waals surface area contributed by atoms with Crippen molar-refractivity contribution in [3.05, 3.63) is 51.1 Å². The van der Waals surface area contributed by atoms with Crippen molar-refractivity contribution in [3.63, 3.8) is 0 Å². The number of aliphatic carboxylic acids is 1. The lowest BCUT2D eigenvalue weighted by Crippen LogP contribution is -2.35. The lowest BCUT2D eigenvalue weighted by atomic mass is 9.93. The van der Waals surface area contributed by atoms with Crippen molar-refractivity contribution in [2.24, 2.45) is 5.41 Å². The van der Waals surface area contributed by atoms with Crippen molar-refractivity contribution in [2.45, 2.75) is 39.7 Å². The van der Waals surface area contributed by atoms with E-state index >= 15 is 0 Å². The summed E-state index contributed by atoms with van der Waals surface area (Å²) < 4.78 is 1.55. The van der Waals surface area contributed by atoms with E-state index < -0.39 is 11.4 Å². The number of carboxylic acid groups (broad SMARTS) is 1. The fourth-order valence-electron chi connectivity index (χ4n) is 3.49. The number of aromatic nitrogens is 2. The first-order valence-electron chi connectivity index (χ1n) is 8.72. The third-order valence-corrected chi connectivity index (χ3v) is 6.17. The van der Waals surface area contributed by atoms with Crippen molar-refractivity contribution in [2.75, 3.05) is 0 Å². The second-order valence-corrected chi connectivity index (χ2v) is 8.50. The number of carboxylic acids is 1. The van der Waals surface area contributed by atoms with Gasteiger partial charge in [-0.2, -0.15) is 0 Å². The Hall–Kier alpha value is -2.47. The zero-order valence-electron chi connectivity index (χ0n) is 14.8. The minimum absolute atomic E-state index is 0.0823. The molecule has 2 heterocycles. The predicted molar refractivity (Wildman–Crippen MR) is 103 cm³/mol. The summed E-state index contributed by atoms with van der Waals surface area (Å²) in [6.45, 7) is 3.36. The third-order valence-electron chi connectivity index (χ3n) is 4.99. The minimum Gasteiger partial charge on any atom is -0.481 e. The van der Waals surface area contributed by atoms with E-state index in [0.717, 1.165) is 35.2 Å². The van der Waals surface area contributed by atoms with E-state index in [-0.39, 0.29) is 12.1 Å². The van der Waals surface area contributed by atoms with E-state index in [1.165, 1.54) is 4.88 Å². The van der Waals surface area contributed by atoms with E-state index in [1.54, 1.807) is 29.8 Å². The quantitative estimate of drug-likeness (QED) is 0.762. The van der Waals surface area contributed by atoms with Crippen LogP contribution in [0.4, 0.5) is 0 Å². The molecule has 26 heavy (non-hydrogen) atoms. The molecule has 2 aromatic heterocycles. The van der Waals surface area contributed by atoms with Crippen LogP contribution in [0.1, 0.15) is 30.7 Å². The highest BCUT2D eigenvalue weighted by Crippen LogP contribution is 2.36. The SMILES string of the molecule is CC(C)(Cn1c(-c2ccccc2)nc2sc3c(c2c1=O)CCC3)C(=O)O. The van der Waals surface area contributed by atoms with Gasteiger partial charge in [0.1, 0.15) is 10.7 Å². The number of fused-ring (bicyclic) bond motifs is 3. The molecule has 0 saturated carbocycles. The molecule has 3 aromatic rings. The normalized spacial score (nSPS) is 13.9. The van der Waals surface area contributed by atoms with E-state index in [0.29, 0.717) is 11.2 Å². The summed E-state index contributed by atoms with van der Waals surface area (Å²) >= 11 is 1.60. The van der Waals surface area contributed by atoms with Gasteiger partial charge in [0.05, 0.1) is 10.8 Å². The molecule has 4 rings (SSSR count). The van der Waals surface area contributed by atoms with E-state index in [1.807, 2.05) is 30.3 Å². The summed E-state index contributed by atoms with van der Waals surface area (Å²) in [4.78, 5) is 31.8. The summed E-state index contributed by atoms with van der Waals surface area (Å²) in [5, 5.41) is 10.2. The second-order valence-electron chi connectivity index (χ2n) is 7.42. The lowest BCUT2D eigenvalue weighted by molar-refractivity contribution is -0.147. The van der Waals surface area contributed by atoms with Gasteiger partial charge in [-0.3, -0.25) is 14.2 Å². The number of hydrogen-bond acceptors (Lipinski definition) is 4. The van der Waals surface area contributed by atoms with Crippen LogP contribution in [0, 0.1) is 5.41 Å². The summed E-state index contributed by atoms with van der Waals surface area (Å²) in [6, 6.07) is 9.50. The number of benzene rings is 1. The predicted octanol–water partition coefficient (Wildman–Crippen LogP) is 3.72. The maximum absolute atomic E-state index is 13.4. The summed E-state index contributed by atoms with van der Waals surface area (Å²) in [6.07, 6.45) is 2.97. The molecule has 0 saturated heterocycles. The molecule has 0 amide bonds. The molecular weight excluding hydrogens is 348 g/mol. The largest absolute Gasteiger partial charge is 0.481 e. The molecule has 0 atom stereocenters. The molecule has 0 radical (unpaired) electrons. The van der Waals surface area contributed by atoms with Gasteiger partial charge < -0.3 is 5.11 Å². The van der Waals surface area contributed by atoms with Crippen molar-refractivity contribution in [1.29, 1.82) is 0 Å². The fourth-order valence-corrected chi connectivity index (χ4v) is 4.75. The monoisotopic (exact) mass is 368 g/mol. The Labute approximate surface area is 154 Å². The van der Waals surface area contributed by atoms with Crippen LogP contribution in [0.25, 0.3) is 21.6 Å². The second kappa shape index (κ2) is 6.06. The summed E-state index contributed by atoms with van der Waals surface area (Å²) in [5.74, 6) is -0.392. The van der Waals surface area contributed by atoms with Gasteiger partial charge in [-0.25, -0.2) is 4.98 Å². The van der Waals surface area contributed by atoms with Gasteiger partial charge in [-0.15, -0.1) is 11.3 Å². The minimum atomic E-state index is -1.07. The number of rotatable bonds is 4. The van der Waals surface area contributed by atoms with Crippen molar-refractivity contribution in [3.8, 4) is 11.4 Å². The Morgan fingerprint density at radius 1 is 1.27 bits per heavy atom. The maximum Gasteiger partial charge on any atom is 0.310 e. The Morgan fingerprint density at radius 2 is 2.00 bits per heavy atom. The standard InChI is InChI=1S/C20H20N2O3S/c1-20(2,19(24)25)11-22-16(12-7-4-3-5-8-12)21-17-15(18(22)23)13-9-6-10-14(13)26-17/h3-5,7-8H,6,9-11H2,1-2H3,(H,24,25). The molecule has 1 aliphatic carbocycles. The molecule has 1 aliphatic rings. The van der Waals surface area contributed by atoms with Crippen molar-refractivity contribution in [1.82, 2.24) is 9.55 Å². The van der Waals surface area contributed by atoms with Gasteiger partial charge in [0.25, 0.3) is 5.56 Å². The molecule has 0 fully saturated rings. The first-order chi connectivity index (χ1) is 12.4. The van der Waals surface area contributed by atoms with Crippen molar-refractivity contribution >= 4 is 27.5 Å². The molecular formula is C20H20N2O3S. The lowest BCUT2D eigenvalue weighted by Gasteiger charge is -2.22. The Kier molecular flexibility index (Phi) is 3.95. The Morgan fingerprint density at radius 3 is 2.69 bits per heavy atom. The highest BCUT2D eigenvalue weighted by atomic mass is 32.1. The highest BCUT2D eigenvalue weighted by molar-refractivity contribution is 7.18. The van der Waals surface area contributed by atoms with E-state index in [2.05, 4.69) is 0 Å². The number of carbonyl (C=O) groups is 1. The van der Waals surface area contributed by atoms with Crippen LogP contribution < -0.4 is 5.56 Å². The van der Waals surface area contributed by atoms with Gasteiger partial charge in [0.15, 0.2) is 0 Å². The van der Waals surface area contributed by atoms with Crippen molar-refractivity contribution < 1.29 is 9.90 Å². The first-order valence-corrected chi connectivity index (χ1v) is 9.54. The van der Waals surface area contributed by atoms with E-state index in [9.17, 15) is 14.7 Å². The summed E-state index contributed by atoms with van der Waals surface area (Å²) in [5.41, 5.74) is 0.745. The first kappa shape index (κ1) is 17.0. The van der Waals surface area contributed by atoms with Gasteiger partial charge >= 0.3 is 5.97 Å². The maximum atomic E-state index is 13.4. The number of aryl methyl sites for hydroxylation is 2. The van der Waals surface area contributed by atoms with Gasteiger partial charge in [0, 0.05) is 17.0 Å². The molecule has 0 aliphatic heterocycles. The zero-order chi connectivity index (χ0) is 18.5. The molecule has 1 N–H and O–H groups in total. The molecule has 6 heteroatoms. The topological polar surface area (TPSA) is 72.2 Å². The molecule has 5 nitrogen and oxygen atoms in total. The fraction of sp³-hybridized carbons (Fsp3) is 0.350. The summed E-state index contributed by atoms with van der Waals surface area (Å²) in [7, 11) is 0. The molecule has 134 valence electrons. The Bertz CT molecular complexity index is 1060.